The van der Waals surface area contributed by atoms with E-state index in [2.05, 4.69) is 0 Å². The van der Waals surface area contributed by atoms with E-state index in [1.165, 1.54) is 25.3 Å². The molecule has 0 fully saturated rings. The highest BCUT2D eigenvalue weighted by Gasteiger charge is 2.26. The molecule has 6 heteroatoms. The SMILES string of the molecule is COc1ccc([N+](=O)[O-])cc1OC(=O)C(c1ccccc1)c1ccccc1. The summed E-state index contributed by atoms with van der Waals surface area (Å²) in [6.07, 6.45) is 0. The number of nitro groups is 1. The number of rotatable bonds is 6. The van der Waals surface area contributed by atoms with Crippen molar-refractivity contribution in [2.45, 2.75) is 5.92 Å². The van der Waals surface area contributed by atoms with E-state index in [9.17, 15) is 14.9 Å². The fraction of sp³-hybridized carbons (Fsp3) is 0.0952. The third-order valence-corrected chi connectivity index (χ3v) is 4.07. The molecule has 0 aromatic heterocycles. The molecule has 0 heterocycles. The van der Waals surface area contributed by atoms with Crippen LogP contribution in [0, 0.1) is 10.1 Å². The van der Waals surface area contributed by atoms with Crippen molar-refractivity contribution in [2.75, 3.05) is 7.11 Å². The predicted octanol–water partition coefficient (Wildman–Crippen LogP) is 4.34. The first-order valence-corrected chi connectivity index (χ1v) is 8.24. The highest BCUT2D eigenvalue weighted by molar-refractivity contribution is 5.84. The molecule has 3 rings (SSSR count). The van der Waals surface area contributed by atoms with Crippen LogP contribution in [0.3, 0.4) is 0 Å². The molecule has 0 aliphatic heterocycles. The fourth-order valence-electron chi connectivity index (χ4n) is 2.78. The van der Waals surface area contributed by atoms with Gasteiger partial charge in [-0.1, -0.05) is 60.7 Å². The first-order valence-electron chi connectivity index (χ1n) is 8.24. The number of ether oxygens (including phenoxy) is 2. The van der Waals surface area contributed by atoms with Gasteiger partial charge in [0.2, 0.25) is 0 Å². The minimum atomic E-state index is -0.670. The number of methoxy groups -OCH3 is 1. The van der Waals surface area contributed by atoms with E-state index in [0.717, 1.165) is 11.1 Å². The van der Waals surface area contributed by atoms with Gasteiger partial charge in [-0.2, -0.15) is 0 Å². The molecule has 0 aliphatic carbocycles. The molecule has 0 aliphatic rings. The van der Waals surface area contributed by atoms with E-state index >= 15 is 0 Å². The normalized spacial score (nSPS) is 10.4. The van der Waals surface area contributed by atoms with Crippen molar-refractivity contribution in [1.82, 2.24) is 0 Å². The summed E-state index contributed by atoms with van der Waals surface area (Å²) in [4.78, 5) is 23.5. The van der Waals surface area contributed by atoms with Gasteiger partial charge in [0.15, 0.2) is 11.5 Å². The van der Waals surface area contributed by atoms with Crippen molar-refractivity contribution < 1.29 is 19.2 Å². The Labute approximate surface area is 156 Å². The molecule has 3 aromatic rings. The molecule has 27 heavy (non-hydrogen) atoms. The minimum absolute atomic E-state index is 0.00793. The maximum atomic E-state index is 13.0. The molecule has 0 atom stereocenters. The van der Waals surface area contributed by atoms with E-state index in [1.54, 1.807) is 0 Å². The molecule has 0 saturated heterocycles. The number of non-ortho nitro benzene ring substituents is 1. The highest BCUT2D eigenvalue weighted by atomic mass is 16.6. The van der Waals surface area contributed by atoms with Crippen LogP contribution in [0.5, 0.6) is 11.5 Å². The summed E-state index contributed by atoms with van der Waals surface area (Å²) in [7, 11) is 1.41. The summed E-state index contributed by atoms with van der Waals surface area (Å²) in [5.41, 5.74) is 1.34. The number of nitrogens with zero attached hydrogens (tertiary/aromatic N) is 1. The molecule has 6 nitrogen and oxygen atoms in total. The van der Waals surface area contributed by atoms with Crippen LogP contribution in [-0.2, 0) is 4.79 Å². The largest absolute Gasteiger partial charge is 0.493 e. The lowest BCUT2D eigenvalue weighted by Gasteiger charge is -2.17. The van der Waals surface area contributed by atoms with Gasteiger partial charge in [0.1, 0.15) is 5.92 Å². The van der Waals surface area contributed by atoms with Crippen molar-refractivity contribution in [3.05, 3.63) is 100 Å². The average Bonchev–Trinajstić information content (AvgIpc) is 2.69. The summed E-state index contributed by atoms with van der Waals surface area (Å²) >= 11 is 0. The second kappa shape index (κ2) is 8.14. The van der Waals surface area contributed by atoms with Gasteiger partial charge in [-0.05, 0) is 17.2 Å². The number of nitro benzene ring substituents is 1. The quantitative estimate of drug-likeness (QED) is 0.282. The summed E-state index contributed by atoms with van der Waals surface area (Å²) in [5, 5.41) is 11.0. The van der Waals surface area contributed by atoms with Crippen LogP contribution in [0.15, 0.2) is 78.9 Å². The van der Waals surface area contributed by atoms with Gasteiger partial charge in [0.25, 0.3) is 5.69 Å². The molecule has 0 radical (unpaired) electrons. The lowest BCUT2D eigenvalue weighted by atomic mass is 9.91. The lowest BCUT2D eigenvalue weighted by molar-refractivity contribution is -0.384. The summed E-state index contributed by atoms with van der Waals surface area (Å²) in [5.74, 6) is -0.968. The zero-order valence-electron chi connectivity index (χ0n) is 14.6. The van der Waals surface area contributed by atoms with Crippen LogP contribution in [-0.4, -0.2) is 18.0 Å². The zero-order chi connectivity index (χ0) is 19.2. The Balaban J connectivity index is 1.99. The third kappa shape index (κ3) is 4.12. The smallest absolute Gasteiger partial charge is 0.323 e. The number of esters is 1. The van der Waals surface area contributed by atoms with Crippen LogP contribution in [0.2, 0.25) is 0 Å². The predicted molar refractivity (Wildman–Crippen MR) is 100 cm³/mol. The lowest BCUT2D eigenvalue weighted by Crippen LogP contribution is -2.20. The summed E-state index contributed by atoms with van der Waals surface area (Å²) in [6, 6.07) is 22.3. The molecule has 0 N–H and O–H groups in total. The molecule has 0 bridgehead atoms. The Morgan fingerprint density at radius 1 is 0.889 bits per heavy atom. The van der Waals surface area contributed by atoms with E-state index < -0.39 is 16.8 Å². The van der Waals surface area contributed by atoms with Gasteiger partial charge >= 0.3 is 5.97 Å². The van der Waals surface area contributed by atoms with E-state index in [1.807, 2.05) is 60.7 Å². The molecule has 0 amide bonds. The first-order chi connectivity index (χ1) is 13.1. The molecular formula is C21H17NO5. The third-order valence-electron chi connectivity index (χ3n) is 4.07. The number of hydrogen-bond donors (Lipinski definition) is 0. The van der Waals surface area contributed by atoms with Crippen LogP contribution < -0.4 is 9.47 Å². The van der Waals surface area contributed by atoms with Gasteiger partial charge in [-0.25, -0.2) is 0 Å². The second-order valence-corrected chi connectivity index (χ2v) is 5.77. The fourth-order valence-corrected chi connectivity index (χ4v) is 2.78. The Morgan fingerprint density at radius 2 is 1.44 bits per heavy atom. The van der Waals surface area contributed by atoms with Gasteiger partial charge in [-0.15, -0.1) is 0 Å². The molecule has 136 valence electrons. The number of hydrogen-bond acceptors (Lipinski definition) is 5. The summed E-state index contributed by atoms with van der Waals surface area (Å²) < 4.78 is 10.7. The standard InChI is InChI=1S/C21H17NO5/c1-26-18-13-12-17(22(24)25)14-19(18)27-21(23)20(15-8-4-2-5-9-15)16-10-6-3-7-11-16/h2-14,20H,1H3. The Morgan fingerprint density at radius 3 is 1.93 bits per heavy atom. The van der Waals surface area contributed by atoms with Crippen molar-refractivity contribution in [1.29, 1.82) is 0 Å². The Kier molecular flexibility index (Phi) is 5.47. The van der Waals surface area contributed by atoms with E-state index in [4.69, 9.17) is 9.47 Å². The van der Waals surface area contributed by atoms with Crippen molar-refractivity contribution >= 4 is 11.7 Å². The number of benzene rings is 3. The van der Waals surface area contributed by atoms with Crippen LogP contribution in [0.25, 0.3) is 0 Å². The molecule has 0 unspecified atom stereocenters. The maximum Gasteiger partial charge on any atom is 0.323 e. The van der Waals surface area contributed by atoms with Crippen molar-refractivity contribution in [2.24, 2.45) is 0 Å². The van der Waals surface area contributed by atoms with Gasteiger partial charge in [0, 0.05) is 6.07 Å². The molecule has 0 saturated carbocycles. The van der Waals surface area contributed by atoms with Crippen molar-refractivity contribution in [3.63, 3.8) is 0 Å². The van der Waals surface area contributed by atoms with Gasteiger partial charge in [0.05, 0.1) is 18.1 Å². The van der Waals surface area contributed by atoms with Gasteiger partial charge < -0.3 is 9.47 Å². The van der Waals surface area contributed by atoms with Crippen LogP contribution in [0.4, 0.5) is 5.69 Å². The Bertz CT molecular complexity index is 902. The Hall–Kier alpha value is -3.67. The molecule has 0 spiro atoms. The van der Waals surface area contributed by atoms with Gasteiger partial charge in [-0.3, -0.25) is 14.9 Å². The van der Waals surface area contributed by atoms with Crippen molar-refractivity contribution in [3.8, 4) is 11.5 Å². The number of carbonyl (C=O) groups is 1. The molecular weight excluding hydrogens is 346 g/mol. The minimum Gasteiger partial charge on any atom is -0.493 e. The van der Waals surface area contributed by atoms with Crippen LogP contribution in [0.1, 0.15) is 17.0 Å². The van der Waals surface area contributed by atoms with E-state index in [0.29, 0.717) is 0 Å². The summed E-state index contributed by atoms with van der Waals surface area (Å²) in [6.45, 7) is 0. The first kappa shape index (κ1) is 18.1. The monoisotopic (exact) mass is 363 g/mol. The average molecular weight is 363 g/mol. The van der Waals surface area contributed by atoms with Crippen LogP contribution >= 0.6 is 0 Å². The van der Waals surface area contributed by atoms with E-state index in [-0.39, 0.29) is 17.2 Å². The topological polar surface area (TPSA) is 78.7 Å². The second-order valence-electron chi connectivity index (χ2n) is 5.77. The maximum absolute atomic E-state index is 13.0. The highest BCUT2D eigenvalue weighted by Crippen LogP contribution is 2.34. The number of carbonyl (C=O) groups excluding carboxylic acids is 1. The zero-order valence-corrected chi connectivity index (χ0v) is 14.6. The molecule has 3 aromatic carbocycles.